The van der Waals surface area contributed by atoms with E-state index in [0.717, 1.165) is 31.8 Å². The molecule has 1 aromatic heterocycles. The molecule has 0 bridgehead atoms. The van der Waals surface area contributed by atoms with Gasteiger partial charge in [-0.3, -0.25) is 0 Å². The first-order valence-corrected chi connectivity index (χ1v) is 5.81. The van der Waals surface area contributed by atoms with E-state index in [1.54, 1.807) is 6.26 Å². The van der Waals surface area contributed by atoms with Crippen molar-refractivity contribution in [2.45, 2.75) is 39.5 Å². The van der Waals surface area contributed by atoms with Gasteiger partial charge in [-0.15, -0.1) is 0 Å². The van der Waals surface area contributed by atoms with Crippen molar-refractivity contribution >= 4 is 0 Å². The van der Waals surface area contributed by atoms with Crippen molar-refractivity contribution in [2.75, 3.05) is 13.2 Å². The van der Waals surface area contributed by atoms with Crippen molar-refractivity contribution in [3.05, 3.63) is 24.2 Å². The van der Waals surface area contributed by atoms with Crippen LogP contribution in [0.3, 0.4) is 0 Å². The van der Waals surface area contributed by atoms with E-state index < -0.39 is 0 Å². The highest BCUT2D eigenvalue weighted by Crippen LogP contribution is 2.20. The van der Waals surface area contributed by atoms with Gasteiger partial charge in [-0.05, 0) is 30.9 Å². The minimum Gasteiger partial charge on any atom is -0.469 e. The second-order valence-corrected chi connectivity index (χ2v) is 4.53. The lowest BCUT2D eigenvalue weighted by Gasteiger charge is -2.09. The third-order valence-electron chi connectivity index (χ3n) is 2.41. The summed E-state index contributed by atoms with van der Waals surface area (Å²) in [4.78, 5) is 0. The average Bonchev–Trinajstić information content (AvgIpc) is 2.69. The number of ether oxygens (including phenoxy) is 1. The molecular formula is C13H22O2. The predicted octanol–water partition coefficient (Wildman–Crippen LogP) is 3.84. The zero-order valence-corrected chi connectivity index (χ0v) is 10.0. The normalized spacial score (nSPS) is 13.3. The summed E-state index contributed by atoms with van der Waals surface area (Å²) >= 11 is 0. The summed E-state index contributed by atoms with van der Waals surface area (Å²) in [6, 6.07) is 3.99. The van der Waals surface area contributed by atoms with Gasteiger partial charge in [0.25, 0.3) is 0 Å². The molecule has 1 unspecified atom stereocenters. The highest BCUT2D eigenvalue weighted by atomic mass is 16.5. The quantitative estimate of drug-likeness (QED) is 0.638. The Hall–Kier alpha value is -0.760. The van der Waals surface area contributed by atoms with Gasteiger partial charge in [-0.25, -0.2) is 0 Å². The molecule has 0 aromatic carbocycles. The van der Waals surface area contributed by atoms with Crippen molar-refractivity contribution in [2.24, 2.45) is 5.92 Å². The van der Waals surface area contributed by atoms with Crippen LogP contribution in [0.5, 0.6) is 0 Å². The summed E-state index contributed by atoms with van der Waals surface area (Å²) in [6.45, 7) is 8.27. The lowest BCUT2D eigenvalue weighted by atomic mass is 10.0. The predicted molar refractivity (Wildman–Crippen MR) is 62.0 cm³/mol. The Morgan fingerprint density at radius 1 is 1.33 bits per heavy atom. The SMILES string of the molecule is CC(C)COCCCC(C)c1ccco1. The summed E-state index contributed by atoms with van der Waals surface area (Å²) in [5.41, 5.74) is 0. The van der Waals surface area contributed by atoms with Gasteiger partial charge in [0.05, 0.1) is 6.26 Å². The second kappa shape index (κ2) is 6.67. The van der Waals surface area contributed by atoms with Crippen molar-refractivity contribution in [3.63, 3.8) is 0 Å². The van der Waals surface area contributed by atoms with E-state index in [0.29, 0.717) is 11.8 Å². The van der Waals surface area contributed by atoms with Crippen LogP contribution in [-0.2, 0) is 4.74 Å². The van der Waals surface area contributed by atoms with Crippen LogP contribution in [0.2, 0.25) is 0 Å². The van der Waals surface area contributed by atoms with Gasteiger partial charge in [0.15, 0.2) is 0 Å². The van der Waals surface area contributed by atoms with Gasteiger partial charge in [0, 0.05) is 19.1 Å². The molecular weight excluding hydrogens is 188 g/mol. The molecule has 0 fully saturated rings. The van der Waals surface area contributed by atoms with Crippen LogP contribution in [0.4, 0.5) is 0 Å². The molecule has 0 spiro atoms. The third-order valence-corrected chi connectivity index (χ3v) is 2.41. The Morgan fingerprint density at radius 3 is 2.73 bits per heavy atom. The average molecular weight is 210 g/mol. The summed E-state index contributed by atoms with van der Waals surface area (Å²) in [5, 5.41) is 0. The van der Waals surface area contributed by atoms with Crippen LogP contribution < -0.4 is 0 Å². The van der Waals surface area contributed by atoms with Crippen LogP contribution in [-0.4, -0.2) is 13.2 Å². The van der Waals surface area contributed by atoms with Gasteiger partial charge in [0.1, 0.15) is 5.76 Å². The number of hydrogen-bond donors (Lipinski definition) is 0. The highest BCUT2D eigenvalue weighted by Gasteiger charge is 2.07. The Labute approximate surface area is 92.6 Å². The summed E-state index contributed by atoms with van der Waals surface area (Å²) in [6.07, 6.45) is 3.97. The van der Waals surface area contributed by atoms with Gasteiger partial charge >= 0.3 is 0 Å². The largest absolute Gasteiger partial charge is 0.469 e. The molecule has 1 heterocycles. The van der Waals surface area contributed by atoms with E-state index in [9.17, 15) is 0 Å². The lowest BCUT2D eigenvalue weighted by molar-refractivity contribution is 0.105. The topological polar surface area (TPSA) is 22.4 Å². The molecule has 1 rings (SSSR count). The van der Waals surface area contributed by atoms with E-state index in [-0.39, 0.29) is 0 Å². The molecule has 0 aliphatic heterocycles. The lowest BCUT2D eigenvalue weighted by Crippen LogP contribution is -2.04. The minimum absolute atomic E-state index is 0.502. The molecule has 0 saturated heterocycles. The van der Waals surface area contributed by atoms with E-state index in [1.165, 1.54) is 0 Å². The maximum atomic E-state index is 5.53. The van der Waals surface area contributed by atoms with Crippen LogP contribution in [0.15, 0.2) is 22.8 Å². The second-order valence-electron chi connectivity index (χ2n) is 4.53. The van der Waals surface area contributed by atoms with Crippen LogP contribution in [0, 0.1) is 5.92 Å². The van der Waals surface area contributed by atoms with Gasteiger partial charge in [-0.1, -0.05) is 20.8 Å². The molecule has 0 N–H and O–H groups in total. The molecule has 1 atom stereocenters. The standard InChI is InChI=1S/C13H22O2/c1-11(2)10-14-8-4-6-12(3)13-7-5-9-15-13/h5,7,9,11-12H,4,6,8,10H2,1-3H3. The number of furan rings is 1. The fraction of sp³-hybridized carbons (Fsp3) is 0.692. The zero-order valence-electron chi connectivity index (χ0n) is 10.0. The Balaban J connectivity index is 2.05. The molecule has 1 aromatic rings. The molecule has 0 aliphatic carbocycles. The van der Waals surface area contributed by atoms with Gasteiger partial charge in [-0.2, -0.15) is 0 Å². The molecule has 0 radical (unpaired) electrons. The van der Waals surface area contributed by atoms with E-state index in [1.807, 2.05) is 12.1 Å². The maximum absolute atomic E-state index is 5.53. The fourth-order valence-electron chi connectivity index (χ4n) is 1.52. The molecule has 0 aliphatic rings. The first-order chi connectivity index (χ1) is 7.20. The van der Waals surface area contributed by atoms with E-state index in [2.05, 4.69) is 20.8 Å². The molecule has 0 amide bonds. The first-order valence-electron chi connectivity index (χ1n) is 5.81. The zero-order chi connectivity index (χ0) is 11.1. The first kappa shape index (κ1) is 12.3. The summed E-state index contributed by atoms with van der Waals surface area (Å²) < 4.78 is 10.9. The van der Waals surface area contributed by atoms with Crippen molar-refractivity contribution in [3.8, 4) is 0 Å². The monoisotopic (exact) mass is 210 g/mol. The smallest absolute Gasteiger partial charge is 0.106 e. The van der Waals surface area contributed by atoms with Crippen molar-refractivity contribution < 1.29 is 9.15 Å². The minimum atomic E-state index is 0.502. The summed E-state index contributed by atoms with van der Waals surface area (Å²) in [5.74, 6) is 2.22. The highest BCUT2D eigenvalue weighted by molar-refractivity contribution is 5.03. The van der Waals surface area contributed by atoms with Crippen molar-refractivity contribution in [1.29, 1.82) is 0 Å². The summed E-state index contributed by atoms with van der Waals surface area (Å²) in [7, 11) is 0. The molecule has 15 heavy (non-hydrogen) atoms. The Kier molecular flexibility index (Phi) is 5.48. The fourth-order valence-corrected chi connectivity index (χ4v) is 1.52. The van der Waals surface area contributed by atoms with Gasteiger partial charge < -0.3 is 9.15 Å². The van der Waals surface area contributed by atoms with E-state index in [4.69, 9.17) is 9.15 Å². The number of hydrogen-bond acceptors (Lipinski definition) is 2. The van der Waals surface area contributed by atoms with Crippen LogP contribution >= 0.6 is 0 Å². The maximum Gasteiger partial charge on any atom is 0.106 e. The van der Waals surface area contributed by atoms with Gasteiger partial charge in [0.2, 0.25) is 0 Å². The molecule has 2 heteroatoms. The molecule has 0 saturated carbocycles. The van der Waals surface area contributed by atoms with Crippen LogP contribution in [0.25, 0.3) is 0 Å². The third kappa shape index (κ3) is 5.03. The molecule has 86 valence electrons. The Bertz CT molecular complexity index is 239. The van der Waals surface area contributed by atoms with E-state index >= 15 is 0 Å². The number of rotatable bonds is 7. The van der Waals surface area contributed by atoms with Crippen molar-refractivity contribution in [1.82, 2.24) is 0 Å². The van der Waals surface area contributed by atoms with Crippen LogP contribution in [0.1, 0.15) is 45.3 Å². The Morgan fingerprint density at radius 2 is 2.13 bits per heavy atom. The molecule has 2 nitrogen and oxygen atoms in total.